The first kappa shape index (κ1) is 14.3. The van der Waals surface area contributed by atoms with Gasteiger partial charge in [-0.25, -0.2) is 4.98 Å². The minimum atomic E-state index is -0.0415. The molecule has 2 aromatic carbocycles. The highest BCUT2D eigenvalue weighted by molar-refractivity contribution is 9.10. The molecule has 0 radical (unpaired) electrons. The molecule has 0 fully saturated rings. The van der Waals surface area contributed by atoms with E-state index < -0.39 is 0 Å². The first-order chi connectivity index (χ1) is 10.2. The third-order valence-corrected chi connectivity index (χ3v) is 4.28. The number of aryl methyl sites for hydroxylation is 1. The molecule has 3 rings (SSSR count). The van der Waals surface area contributed by atoms with Crippen LogP contribution in [0.5, 0.6) is 0 Å². The van der Waals surface area contributed by atoms with Crippen LogP contribution in [0.3, 0.4) is 0 Å². The standard InChI is InChI=1S/C17H18BrN3/c1-2-21-16-6-4-3-5-15(16)20-17(21)11-14(19)12-7-9-13(18)10-8-12/h3-10,14H,2,11,19H2,1H3. The molecule has 108 valence electrons. The summed E-state index contributed by atoms with van der Waals surface area (Å²) in [5, 5.41) is 0. The van der Waals surface area contributed by atoms with Crippen LogP contribution in [-0.4, -0.2) is 9.55 Å². The van der Waals surface area contributed by atoms with E-state index in [1.165, 1.54) is 5.52 Å². The van der Waals surface area contributed by atoms with Crippen molar-refractivity contribution in [3.63, 3.8) is 0 Å². The molecule has 0 aliphatic carbocycles. The van der Waals surface area contributed by atoms with Gasteiger partial charge in [0.1, 0.15) is 5.82 Å². The normalized spacial score (nSPS) is 12.7. The Morgan fingerprint density at radius 3 is 2.57 bits per heavy atom. The summed E-state index contributed by atoms with van der Waals surface area (Å²) in [5.74, 6) is 1.05. The molecule has 3 nitrogen and oxygen atoms in total. The van der Waals surface area contributed by atoms with Crippen LogP contribution in [0.25, 0.3) is 11.0 Å². The summed E-state index contributed by atoms with van der Waals surface area (Å²) in [5.41, 5.74) is 9.70. The van der Waals surface area contributed by atoms with Crippen molar-refractivity contribution in [3.05, 3.63) is 64.4 Å². The molecular formula is C17H18BrN3. The van der Waals surface area contributed by atoms with Gasteiger partial charge in [-0.3, -0.25) is 0 Å². The van der Waals surface area contributed by atoms with Gasteiger partial charge < -0.3 is 10.3 Å². The zero-order valence-corrected chi connectivity index (χ0v) is 13.5. The number of halogens is 1. The van der Waals surface area contributed by atoms with Crippen molar-refractivity contribution in [1.29, 1.82) is 0 Å². The van der Waals surface area contributed by atoms with Crippen molar-refractivity contribution < 1.29 is 0 Å². The van der Waals surface area contributed by atoms with Gasteiger partial charge in [-0.1, -0.05) is 40.2 Å². The molecule has 0 aliphatic rings. The van der Waals surface area contributed by atoms with E-state index in [2.05, 4.69) is 57.8 Å². The van der Waals surface area contributed by atoms with Gasteiger partial charge in [0.2, 0.25) is 0 Å². The highest BCUT2D eigenvalue weighted by Crippen LogP contribution is 2.22. The van der Waals surface area contributed by atoms with Crippen molar-refractivity contribution in [2.24, 2.45) is 5.73 Å². The second kappa shape index (κ2) is 6.00. The summed E-state index contributed by atoms with van der Waals surface area (Å²) < 4.78 is 3.31. The lowest BCUT2D eigenvalue weighted by atomic mass is 10.0. The highest BCUT2D eigenvalue weighted by Gasteiger charge is 2.14. The number of rotatable bonds is 4. The lowest BCUT2D eigenvalue weighted by Gasteiger charge is -2.13. The topological polar surface area (TPSA) is 43.8 Å². The maximum atomic E-state index is 6.35. The number of nitrogens with zero attached hydrogens (tertiary/aromatic N) is 2. The molecule has 1 atom stereocenters. The Morgan fingerprint density at radius 1 is 1.14 bits per heavy atom. The summed E-state index contributed by atoms with van der Waals surface area (Å²) in [6.07, 6.45) is 0.740. The Balaban J connectivity index is 1.92. The maximum absolute atomic E-state index is 6.35. The van der Waals surface area contributed by atoms with Crippen LogP contribution < -0.4 is 5.73 Å². The van der Waals surface area contributed by atoms with E-state index in [9.17, 15) is 0 Å². The fraction of sp³-hybridized carbons (Fsp3) is 0.235. The number of para-hydroxylation sites is 2. The quantitative estimate of drug-likeness (QED) is 0.776. The third-order valence-electron chi connectivity index (χ3n) is 3.75. The van der Waals surface area contributed by atoms with Crippen LogP contribution in [0, 0.1) is 0 Å². The summed E-state index contributed by atoms with van der Waals surface area (Å²) in [6.45, 7) is 3.05. The molecule has 4 heteroatoms. The number of hydrogen-bond donors (Lipinski definition) is 1. The Morgan fingerprint density at radius 2 is 1.86 bits per heavy atom. The Hall–Kier alpha value is -1.65. The average Bonchev–Trinajstić information content (AvgIpc) is 2.84. The van der Waals surface area contributed by atoms with Gasteiger partial charge in [-0.05, 0) is 36.8 Å². The fourth-order valence-electron chi connectivity index (χ4n) is 2.66. The second-order valence-electron chi connectivity index (χ2n) is 5.12. The zero-order chi connectivity index (χ0) is 14.8. The number of benzene rings is 2. The maximum Gasteiger partial charge on any atom is 0.111 e. The van der Waals surface area contributed by atoms with E-state index in [1.807, 2.05) is 18.2 Å². The molecule has 0 amide bonds. The first-order valence-corrected chi connectivity index (χ1v) is 7.93. The average molecular weight is 344 g/mol. The lowest BCUT2D eigenvalue weighted by molar-refractivity contribution is 0.637. The van der Waals surface area contributed by atoms with E-state index in [-0.39, 0.29) is 6.04 Å². The monoisotopic (exact) mass is 343 g/mol. The minimum Gasteiger partial charge on any atom is -0.328 e. The molecule has 21 heavy (non-hydrogen) atoms. The fourth-order valence-corrected chi connectivity index (χ4v) is 2.92. The number of aromatic nitrogens is 2. The van der Waals surface area contributed by atoms with Gasteiger partial charge in [0.25, 0.3) is 0 Å². The van der Waals surface area contributed by atoms with Crippen molar-refractivity contribution in [2.45, 2.75) is 25.9 Å². The zero-order valence-electron chi connectivity index (χ0n) is 12.0. The van der Waals surface area contributed by atoms with Crippen LogP contribution in [0.15, 0.2) is 53.0 Å². The van der Waals surface area contributed by atoms with Crippen molar-refractivity contribution >= 4 is 27.0 Å². The summed E-state index contributed by atoms with van der Waals surface area (Å²) in [6, 6.07) is 16.4. The number of hydrogen-bond acceptors (Lipinski definition) is 2. The van der Waals surface area contributed by atoms with Gasteiger partial charge >= 0.3 is 0 Å². The highest BCUT2D eigenvalue weighted by atomic mass is 79.9. The van der Waals surface area contributed by atoms with Crippen LogP contribution in [0.2, 0.25) is 0 Å². The summed E-state index contributed by atoms with van der Waals surface area (Å²) in [7, 11) is 0. The smallest absolute Gasteiger partial charge is 0.111 e. The number of imidazole rings is 1. The van der Waals surface area contributed by atoms with E-state index >= 15 is 0 Å². The lowest BCUT2D eigenvalue weighted by Crippen LogP contribution is -2.16. The predicted octanol–water partition coefficient (Wildman–Crippen LogP) is 4.06. The second-order valence-corrected chi connectivity index (χ2v) is 6.04. The van der Waals surface area contributed by atoms with E-state index in [0.29, 0.717) is 0 Å². The largest absolute Gasteiger partial charge is 0.328 e. The Labute approximate surface area is 132 Å². The SMILES string of the molecule is CCn1c(CC(N)c2ccc(Br)cc2)nc2ccccc21. The van der Waals surface area contributed by atoms with Crippen molar-refractivity contribution in [3.8, 4) is 0 Å². The van der Waals surface area contributed by atoms with Crippen molar-refractivity contribution in [2.75, 3.05) is 0 Å². The molecule has 0 saturated carbocycles. The molecule has 0 bridgehead atoms. The van der Waals surface area contributed by atoms with Crippen LogP contribution in [0.4, 0.5) is 0 Å². The van der Waals surface area contributed by atoms with Crippen LogP contribution >= 0.6 is 15.9 Å². The summed E-state index contributed by atoms with van der Waals surface area (Å²) in [4.78, 5) is 4.74. The van der Waals surface area contributed by atoms with Gasteiger partial charge in [0, 0.05) is 23.5 Å². The molecule has 1 aromatic heterocycles. The van der Waals surface area contributed by atoms with E-state index in [4.69, 9.17) is 10.7 Å². The predicted molar refractivity (Wildman–Crippen MR) is 90.2 cm³/mol. The van der Waals surface area contributed by atoms with Crippen molar-refractivity contribution in [1.82, 2.24) is 9.55 Å². The molecule has 0 saturated heterocycles. The molecular weight excluding hydrogens is 326 g/mol. The molecule has 3 aromatic rings. The number of nitrogens with two attached hydrogens (primary N) is 1. The van der Waals surface area contributed by atoms with Gasteiger partial charge in [0.15, 0.2) is 0 Å². The summed E-state index contributed by atoms with van der Waals surface area (Å²) >= 11 is 3.45. The number of fused-ring (bicyclic) bond motifs is 1. The minimum absolute atomic E-state index is 0.0415. The van der Waals surface area contributed by atoms with E-state index in [1.54, 1.807) is 0 Å². The first-order valence-electron chi connectivity index (χ1n) is 7.14. The third kappa shape index (κ3) is 2.87. The van der Waals surface area contributed by atoms with E-state index in [0.717, 1.165) is 34.3 Å². The van der Waals surface area contributed by atoms with Gasteiger partial charge in [0.05, 0.1) is 11.0 Å². The van der Waals surface area contributed by atoms with Gasteiger partial charge in [-0.15, -0.1) is 0 Å². The molecule has 0 aliphatic heterocycles. The van der Waals surface area contributed by atoms with Gasteiger partial charge in [-0.2, -0.15) is 0 Å². The molecule has 1 unspecified atom stereocenters. The molecule has 2 N–H and O–H groups in total. The Kier molecular flexibility index (Phi) is 4.08. The molecule has 0 spiro atoms. The Bertz CT molecular complexity index is 746. The van der Waals surface area contributed by atoms with Crippen LogP contribution in [-0.2, 0) is 13.0 Å². The van der Waals surface area contributed by atoms with Crippen LogP contribution in [0.1, 0.15) is 24.4 Å². The molecule has 1 heterocycles.